The first kappa shape index (κ1) is 14.1. The second-order valence-corrected chi connectivity index (χ2v) is 5.86. The predicted octanol–water partition coefficient (Wildman–Crippen LogP) is 3.23. The molecule has 1 aliphatic heterocycles. The summed E-state index contributed by atoms with van der Waals surface area (Å²) in [5, 5.41) is 3.33. The Kier molecular flexibility index (Phi) is 3.68. The van der Waals surface area contributed by atoms with Crippen LogP contribution in [0.5, 0.6) is 5.75 Å². The fraction of sp³-hybridized carbons (Fsp3) is 0.333. The van der Waals surface area contributed by atoms with Gasteiger partial charge in [-0.2, -0.15) is 0 Å². The van der Waals surface area contributed by atoms with Gasteiger partial charge in [0.05, 0.1) is 7.11 Å². The SMILES string of the molecule is COc1cccc(CC2(c3cccc(C)c3)CNC2)c1F. The molecular formula is C18H20FNO. The number of aryl methyl sites for hydroxylation is 1. The Morgan fingerprint density at radius 2 is 1.95 bits per heavy atom. The minimum atomic E-state index is -0.237. The maximum Gasteiger partial charge on any atom is 0.168 e. The fourth-order valence-electron chi connectivity index (χ4n) is 3.05. The molecule has 21 heavy (non-hydrogen) atoms. The summed E-state index contributed by atoms with van der Waals surface area (Å²) in [5.41, 5.74) is 3.23. The molecule has 1 heterocycles. The first-order valence-electron chi connectivity index (χ1n) is 7.24. The van der Waals surface area contributed by atoms with Crippen LogP contribution < -0.4 is 10.1 Å². The Hall–Kier alpha value is -1.87. The summed E-state index contributed by atoms with van der Waals surface area (Å²) in [5.74, 6) is 0.0816. The van der Waals surface area contributed by atoms with E-state index in [9.17, 15) is 4.39 Å². The number of benzene rings is 2. The number of hydrogen-bond donors (Lipinski definition) is 1. The number of halogens is 1. The average Bonchev–Trinajstić information content (AvgIpc) is 2.44. The molecule has 3 rings (SSSR count). The quantitative estimate of drug-likeness (QED) is 0.931. The average molecular weight is 285 g/mol. The van der Waals surface area contributed by atoms with Crippen molar-refractivity contribution in [3.63, 3.8) is 0 Å². The van der Waals surface area contributed by atoms with Crippen LogP contribution in [0.1, 0.15) is 16.7 Å². The van der Waals surface area contributed by atoms with E-state index < -0.39 is 0 Å². The standard InChI is InChI=1S/C18H20FNO/c1-13-5-3-7-15(9-13)18(11-20-12-18)10-14-6-4-8-16(21-2)17(14)19/h3-9,20H,10-12H2,1-2H3. The second-order valence-electron chi connectivity index (χ2n) is 5.86. The molecule has 1 saturated heterocycles. The van der Waals surface area contributed by atoms with Crippen LogP contribution in [0, 0.1) is 12.7 Å². The highest BCUT2D eigenvalue weighted by molar-refractivity contribution is 5.38. The summed E-state index contributed by atoms with van der Waals surface area (Å²) < 4.78 is 19.5. The fourth-order valence-corrected chi connectivity index (χ4v) is 3.05. The van der Waals surface area contributed by atoms with Crippen LogP contribution in [0.25, 0.3) is 0 Å². The summed E-state index contributed by atoms with van der Waals surface area (Å²) in [6, 6.07) is 13.9. The van der Waals surface area contributed by atoms with Gasteiger partial charge in [-0.3, -0.25) is 0 Å². The van der Waals surface area contributed by atoms with Gasteiger partial charge >= 0.3 is 0 Å². The zero-order valence-corrected chi connectivity index (χ0v) is 12.4. The molecule has 0 radical (unpaired) electrons. The molecule has 0 atom stereocenters. The minimum Gasteiger partial charge on any atom is -0.494 e. The summed E-state index contributed by atoms with van der Waals surface area (Å²) in [7, 11) is 1.50. The molecule has 110 valence electrons. The van der Waals surface area contributed by atoms with E-state index in [-0.39, 0.29) is 11.2 Å². The molecule has 1 N–H and O–H groups in total. The lowest BCUT2D eigenvalue weighted by atomic mass is 9.70. The van der Waals surface area contributed by atoms with Crippen molar-refractivity contribution in [1.29, 1.82) is 0 Å². The molecule has 3 heteroatoms. The lowest BCUT2D eigenvalue weighted by Crippen LogP contribution is -2.58. The Labute approximate surface area is 125 Å². The number of nitrogens with one attached hydrogen (secondary N) is 1. The highest BCUT2D eigenvalue weighted by Crippen LogP contribution is 2.35. The monoisotopic (exact) mass is 285 g/mol. The third kappa shape index (κ3) is 2.54. The van der Waals surface area contributed by atoms with Crippen LogP contribution in [-0.2, 0) is 11.8 Å². The predicted molar refractivity (Wildman–Crippen MR) is 82.4 cm³/mol. The van der Waals surface area contributed by atoms with Crippen molar-refractivity contribution in [2.75, 3.05) is 20.2 Å². The molecular weight excluding hydrogens is 265 g/mol. The van der Waals surface area contributed by atoms with Gasteiger partial charge in [-0.1, -0.05) is 42.0 Å². The second kappa shape index (κ2) is 5.49. The van der Waals surface area contributed by atoms with Crippen LogP contribution >= 0.6 is 0 Å². The van der Waals surface area contributed by atoms with Gasteiger partial charge in [0.25, 0.3) is 0 Å². The van der Waals surface area contributed by atoms with E-state index in [1.54, 1.807) is 6.07 Å². The summed E-state index contributed by atoms with van der Waals surface area (Å²) in [4.78, 5) is 0. The Morgan fingerprint density at radius 3 is 2.57 bits per heavy atom. The van der Waals surface area contributed by atoms with Crippen LogP contribution in [0.4, 0.5) is 4.39 Å². The maximum absolute atomic E-state index is 14.4. The van der Waals surface area contributed by atoms with E-state index in [1.165, 1.54) is 18.2 Å². The maximum atomic E-state index is 14.4. The van der Waals surface area contributed by atoms with Crippen LogP contribution in [-0.4, -0.2) is 20.2 Å². The Bertz CT molecular complexity index is 649. The van der Waals surface area contributed by atoms with Crippen molar-refractivity contribution in [2.24, 2.45) is 0 Å². The third-order valence-electron chi connectivity index (χ3n) is 4.35. The van der Waals surface area contributed by atoms with E-state index >= 15 is 0 Å². The number of methoxy groups -OCH3 is 1. The summed E-state index contributed by atoms with van der Waals surface area (Å²) in [6.45, 7) is 3.86. The van der Waals surface area contributed by atoms with Crippen LogP contribution in [0.15, 0.2) is 42.5 Å². The minimum absolute atomic E-state index is 0.0147. The molecule has 2 aromatic carbocycles. The molecule has 2 nitrogen and oxygen atoms in total. The first-order valence-corrected chi connectivity index (χ1v) is 7.24. The Morgan fingerprint density at radius 1 is 1.19 bits per heavy atom. The third-order valence-corrected chi connectivity index (χ3v) is 4.35. The van der Waals surface area contributed by atoms with Crippen LogP contribution in [0.2, 0.25) is 0 Å². The summed E-state index contributed by atoms with van der Waals surface area (Å²) in [6.07, 6.45) is 0.687. The highest BCUT2D eigenvalue weighted by atomic mass is 19.1. The van der Waals surface area contributed by atoms with Crippen molar-refractivity contribution < 1.29 is 9.13 Å². The zero-order valence-electron chi connectivity index (χ0n) is 12.4. The molecule has 0 aliphatic carbocycles. The molecule has 0 amide bonds. The van der Waals surface area contributed by atoms with Crippen LogP contribution in [0.3, 0.4) is 0 Å². The van der Waals surface area contributed by atoms with E-state index in [4.69, 9.17) is 4.74 Å². The number of hydrogen-bond acceptors (Lipinski definition) is 2. The first-order chi connectivity index (χ1) is 10.1. The van der Waals surface area contributed by atoms with E-state index in [1.807, 2.05) is 12.1 Å². The zero-order chi connectivity index (χ0) is 14.9. The Balaban J connectivity index is 1.95. The van der Waals surface area contributed by atoms with Gasteiger partial charge < -0.3 is 10.1 Å². The van der Waals surface area contributed by atoms with E-state index in [2.05, 4.69) is 36.5 Å². The number of ether oxygens (including phenoxy) is 1. The van der Waals surface area contributed by atoms with Gasteiger partial charge in [-0.25, -0.2) is 4.39 Å². The van der Waals surface area contributed by atoms with Crippen molar-refractivity contribution in [3.05, 3.63) is 65.0 Å². The van der Waals surface area contributed by atoms with E-state index in [0.29, 0.717) is 12.2 Å². The molecule has 0 saturated carbocycles. The van der Waals surface area contributed by atoms with Gasteiger partial charge in [0.1, 0.15) is 0 Å². The van der Waals surface area contributed by atoms with Gasteiger partial charge in [0.2, 0.25) is 0 Å². The van der Waals surface area contributed by atoms with Crippen molar-refractivity contribution in [2.45, 2.75) is 18.8 Å². The van der Waals surface area contributed by atoms with Crippen molar-refractivity contribution in [3.8, 4) is 5.75 Å². The van der Waals surface area contributed by atoms with Crippen molar-refractivity contribution in [1.82, 2.24) is 5.32 Å². The molecule has 0 bridgehead atoms. The number of rotatable bonds is 4. The largest absolute Gasteiger partial charge is 0.494 e. The van der Waals surface area contributed by atoms with Crippen molar-refractivity contribution >= 4 is 0 Å². The topological polar surface area (TPSA) is 21.3 Å². The molecule has 0 aromatic heterocycles. The molecule has 0 spiro atoms. The smallest absolute Gasteiger partial charge is 0.168 e. The normalized spacial score (nSPS) is 16.3. The molecule has 1 fully saturated rings. The lowest BCUT2D eigenvalue weighted by Gasteiger charge is -2.43. The lowest BCUT2D eigenvalue weighted by molar-refractivity contribution is 0.270. The van der Waals surface area contributed by atoms with Gasteiger partial charge in [0, 0.05) is 18.5 Å². The molecule has 0 unspecified atom stereocenters. The molecule has 2 aromatic rings. The van der Waals surface area contributed by atoms with Gasteiger partial charge in [0.15, 0.2) is 11.6 Å². The summed E-state index contributed by atoms with van der Waals surface area (Å²) >= 11 is 0. The molecule has 1 aliphatic rings. The van der Waals surface area contributed by atoms with Gasteiger partial charge in [-0.15, -0.1) is 0 Å². The van der Waals surface area contributed by atoms with Gasteiger partial charge in [-0.05, 0) is 30.5 Å². The van der Waals surface area contributed by atoms with E-state index in [0.717, 1.165) is 18.7 Å². The highest BCUT2D eigenvalue weighted by Gasteiger charge is 2.39.